The van der Waals surface area contributed by atoms with Gasteiger partial charge in [-0.3, -0.25) is 0 Å². The second-order valence-electron chi connectivity index (χ2n) is 3.56. The number of nitrogens with one attached hydrogen (secondary N) is 1. The number of aryl methyl sites for hydroxylation is 1. The third-order valence-corrected chi connectivity index (χ3v) is 4.47. The summed E-state index contributed by atoms with van der Waals surface area (Å²) in [4.78, 5) is 2.71. The predicted molar refractivity (Wildman–Crippen MR) is 69.6 cm³/mol. The minimum atomic E-state index is 0.455. The Morgan fingerprint density at radius 2 is 2.33 bits per heavy atom. The van der Waals surface area contributed by atoms with Gasteiger partial charge >= 0.3 is 0 Å². The lowest BCUT2D eigenvalue weighted by molar-refractivity contribution is 0.164. The molecular weight excluding hydrogens is 274 g/mol. The van der Waals surface area contributed by atoms with Crippen LogP contribution >= 0.6 is 27.3 Å². The summed E-state index contributed by atoms with van der Waals surface area (Å²) in [6.45, 7) is 6.01. The molecule has 2 nitrogen and oxygen atoms in total. The van der Waals surface area contributed by atoms with Crippen molar-refractivity contribution in [2.24, 2.45) is 0 Å². The number of hydrogen-bond donors (Lipinski definition) is 1. The fourth-order valence-corrected chi connectivity index (χ4v) is 2.92. The van der Waals surface area contributed by atoms with Gasteiger partial charge in [0.05, 0.1) is 6.61 Å². The number of hydrogen-bond acceptors (Lipinski definition) is 3. The molecule has 0 radical (unpaired) electrons. The third-order valence-electron chi connectivity index (χ3n) is 2.33. The van der Waals surface area contributed by atoms with E-state index in [-0.39, 0.29) is 0 Å². The minimum absolute atomic E-state index is 0.455. The average molecular weight is 292 g/mol. The van der Waals surface area contributed by atoms with Crippen LogP contribution in [0.25, 0.3) is 0 Å². The van der Waals surface area contributed by atoms with Crippen LogP contribution in [-0.2, 0) is 11.3 Å². The van der Waals surface area contributed by atoms with Crippen LogP contribution in [0.5, 0.6) is 0 Å². The monoisotopic (exact) mass is 291 g/mol. The summed E-state index contributed by atoms with van der Waals surface area (Å²) < 4.78 is 6.36. The molecule has 1 rings (SSSR count). The molecule has 1 heterocycles. The maximum absolute atomic E-state index is 5.14. The zero-order valence-corrected chi connectivity index (χ0v) is 11.9. The Bertz CT molecular complexity index is 281. The predicted octanol–water partition coefficient (Wildman–Crippen LogP) is 3.33. The Labute approximate surface area is 104 Å². The van der Waals surface area contributed by atoms with Gasteiger partial charge in [0.15, 0.2) is 0 Å². The van der Waals surface area contributed by atoms with Crippen LogP contribution in [0.15, 0.2) is 10.5 Å². The maximum atomic E-state index is 5.14. The van der Waals surface area contributed by atoms with Gasteiger partial charge in [0.2, 0.25) is 0 Å². The molecule has 0 fully saturated rings. The molecule has 0 aliphatic rings. The first-order valence-electron chi connectivity index (χ1n) is 5.14. The van der Waals surface area contributed by atoms with Gasteiger partial charge < -0.3 is 10.1 Å². The third kappa shape index (κ3) is 4.23. The molecule has 1 atom stereocenters. The second-order valence-corrected chi connectivity index (χ2v) is 5.75. The SMILES string of the molecule is CCC(COC)NCc1cc(Br)c(C)s1. The summed E-state index contributed by atoms with van der Waals surface area (Å²) >= 11 is 5.36. The highest BCUT2D eigenvalue weighted by molar-refractivity contribution is 9.10. The summed E-state index contributed by atoms with van der Waals surface area (Å²) in [5, 5.41) is 3.49. The van der Waals surface area contributed by atoms with Crippen molar-refractivity contribution in [1.29, 1.82) is 0 Å². The molecular formula is C11H18BrNOS. The van der Waals surface area contributed by atoms with Crippen LogP contribution in [0.3, 0.4) is 0 Å². The molecule has 0 aromatic carbocycles. The van der Waals surface area contributed by atoms with Crippen molar-refractivity contribution in [2.75, 3.05) is 13.7 Å². The molecule has 0 spiro atoms. The van der Waals surface area contributed by atoms with Crippen molar-refractivity contribution in [3.8, 4) is 0 Å². The second kappa shape index (κ2) is 6.63. The van der Waals surface area contributed by atoms with Crippen molar-refractivity contribution in [1.82, 2.24) is 5.32 Å². The summed E-state index contributed by atoms with van der Waals surface area (Å²) in [5.74, 6) is 0. The number of methoxy groups -OCH3 is 1. The van der Waals surface area contributed by atoms with E-state index in [0.29, 0.717) is 6.04 Å². The summed E-state index contributed by atoms with van der Waals surface area (Å²) in [7, 11) is 1.75. The van der Waals surface area contributed by atoms with Crippen molar-refractivity contribution in [2.45, 2.75) is 32.9 Å². The zero-order valence-electron chi connectivity index (χ0n) is 9.47. The van der Waals surface area contributed by atoms with E-state index in [1.165, 1.54) is 14.2 Å². The lowest BCUT2D eigenvalue weighted by atomic mass is 10.2. The first kappa shape index (κ1) is 13.2. The van der Waals surface area contributed by atoms with E-state index in [1.54, 1.807) is 7.11 Å². The zero-order chi connectivity index (χ0) is 11.3. The highest BCUT2D eigenvalue weighted by atomic mass is 79.9. The molecule has 86 valence electrons. The summed E-state index contributed by atoms with van der Waals surface area (Å²) in [6.07, 6.45) is 1.10. The maximum Gasteiger partial charge on any atom is 0.0615 e. The Hall–Kier alpha value is 0.1000. The van der Waals surface area contributed by atoms with Crippen LogP contribution in [0.1, 0.15) is 23.1 Å². The first-order chi connectivity index (χ1) is 7.17. The largest absolute Gasteiger partial charge is 0.383 e. The van der Waals surface area contributed by atoms with Gasteiger partial charge in [-0.25, -0.2) is 0 Å². The van der Waals surface area contributed by atoms with Crippen LogP contribution < -0.4 is 5.32 Å². The van der Waals surface area contributed by atoms with E-state index in [9.17, 15) is 0 Å². The normalized spacial score (nSPS) is 13.1. The van der Waals surface area contributed by atoms with Gasteiger partial charge in [-0.1, -0.05) is 6.92 Å². The van der Waals surface area contributed by atoms with E-state index in [0.717, 1.165) is 19.6 Å². The van der Waals surface area contributed by atoms with Crippen LogP contribution in [0.4, 0.5) is 0 Å². The highest BCUT2D eigenvalue weighted by Gasteiger charge is 2.07. The highest BCUT2D eigenvalue weighted by Crippen LogP contribution is 2.26. The Morgan fingerprint density at radius 1 is 1.60 bits per heavy atom. The molecule has 0 saturated carbocycles. The van der Waals surface area contributed by atoms with Gasteiger partial charge in [0.1, 0.15) is 0 Å². The molecule has 0 aliphatic carbocycles. The van der Waals surface area contributed by atoms with Gasteiger partial charge in [-0.05, 0) is 35.3 Å². The molecule has 1 unspecified atom stereocenters. The van der Waals surface area contributed by atoms with Gasteiger partial charge in [-0.2, -0.15) is 0 Å². The standard InChI is InChI=1S/C11H18BrNOS/c1-4-9(7-14-3)13-6-10-5-11(12)8(2)15-10/h5,9,13H,4,6-7H2,1-3H3. The number of halogens is 1. The molecule has 0 amide bonds. The van der Waals surface area contributed by atoms with Crippen LogP contribution in [0, 0.1) is 6.92 Å². The summed E-state index contributed by atoms with van der Waals surface area (Å²) in [5.41, 5.74) is 0. The van der Waals surface area contributed by atoms with Crippen molar-refractivity contribution in [3.63, 3.8) is 0 Å². The molecule has 1 N–H and O–H groups in total. The Kier molecular flexibility index (Phi) is 5.82. The van der Waals surface area contributed by atoms with Gasteiger partial charge in [-0.15, -0.1) is 11.3 Å². The minimum Gasteiger partial charge on any atom is -0.383 e. The summed E-state index contributed by atoms with van der Waals surface area (Å²) in [6, 6.07) is 2.64. The molecule has 4 heteroatoms. The Balaban J connectivity index is 2.41. The van der Waals surface area contributed by atoms with Crippen LogP contribution in [-0.4, -0.2) is 19.8 Å². The van der Waals surface area contributed by atoms with E-state index >= 15 is 0 Å². The number of rotatable bonds is 6. The van der Waals surface area contributed by atoms with Crippen molar-refractivity contribution < 1.29 is 4.74 Å². The van der Waals surface area contributed by atoms with Gasteiger partial charge in [0.25, 0.3) is 0 Å². The first-order valence-corrected chi connectivity index (χ1v) is 6.75. The fourth-order valence-electron chi connectivity index (χ4n) is 1.37. The van der Waals surface area contributed by atoms with Crippen molar-refractivity contribution in [3.05, 3.63) is 20.3 Å². The molecule has 1 aromatic rings. The fraction of sp³-hybridized carbons (Fsp3) is 0.636. The average Bonchev–Trinajstić information content (AvgIpc) is 2.53. The molecule has 15 heavy (non-hydrogen) atoms. The molecule has 0 saturated heterocycles. The molecule has 1 aromatic heterocycles. The van der Waals surface area contributed by atoms with Crippen molar-refractivity contribution >= 4 is 27.3 Å². The quantitative estimate of drug-likeness (QED) is 0.868. The topological polar surface area (TPSA) is 21.3 Å². The van der Waals surface area contributed by atoms with Gasteiger partial charge in [0, 0.05) is 33.9 Å². The van der Waals surface area contributed by atoms with E-state index in [4.69, 9.17) is 4.74 Å². The smallest absolute Gasteiger partial charge is 0.0615 e. The number of thiophene rings is 1. The molecule has 0 bridgehead atoms. The lowest BCUT2D eigenvalue weighted by Crippen LogP contribution is -2.31. The van der Waals surface area contributed by atoms with E-state index < -0.39 is 0 Å². The van der Waals surface area contributed by atoms with Crippen LogP contribution in [0.2, 0.25) is 0 Å². The molecule has 0 aliphatic heterocycles. The van der Waals surface area contributed by atoms with E-state index in [2.05, 4.69) is 41.2 Å². The lowest BCUT2D eigenvalue weighted by Gasteiger charge is -2.14. The Morgan fingerprint density at radius 3 is 2.80 bits per heavy atom. The number of ether oxygens (including phenoxy) is 1. The van der Waals surface area contributed by atoms with E-state index in [1.807, 2.05) is 11.3 Å².